The van der Waals surface area contributed by atoms with E-state index in [0.29, 0.717) is 43.4 Å². The van der Waals surface area contributed by atoms with Crippen molar-refractivity contribution in [1.82, 2.24) is 29.6 Å². The van der Waals surface area contributed by atoms with Gasteiger partial charge in [-0.15, -0.1) is 0 Å². The minimum atomic E-state index is -0.126. The van der Waals surface area contributed by atoms with E-state index in [1.807, 2.05) is 24.3 Å². The average Bonchev–Trinajstić information content (AvgIpc) is 3.29. The molecule has 0 saturated carbocycles. The van der Waals surface area contributed by atoms with Crippen molar-refractivity contribution in [2.24, 2.45) is 0 Å². The molecule has 1 aliphatic heterocycles. The Bertz CT molecular complexity index is 938. The van der Waals surface area contributed by atoms with Gasteiger partial charge < -0.3 is 19.9 Å². The predicted octanol–water partition coefficient (Wildman–Crippen LogP) is 1.42. The first-order chi connectivity index (χ1) is 13.7. The third kappa shape index (κ3) is 3.85. The number of hydrogen-bond acceptors (Lipinski definition) is 7. The zero-order chi connectivity index (χ0) is 19.3. The minimum absolute atomic E-state index is 0.126. The second-order valence-electron chi connectivity index (χ2n) is 6.21. The summed E-state index contributed by atoms with van der Waals surface area (Å²) in [5.41, 5.74) is 0.708. The quantitative estimate of drug-likeness (QED) is 0.730. The number of carbonyl (C=O) groups is 1. The van der Waals surface area contributed by atoms with E-state index in [2.05, 4.69) is 30.3 Å². The van der Waals surface area contributed by atoms with Crippen LogP contribution in [0.15, 0.2) is 49.3 Å². The largest absolute Gasteiger partial charge is 0.497 e. The van der Waals surface area contributed by atoms with Gasteiger partial charge in [-0.3, -0.25) is 0 Å². The van der Waals surface area contributed by atoms with Crippen LogP contribution in [0.4, 0.5) is 16.3 Å². The fourth-order valence-corrected chi connectivity index (χ4v) is 3.00. The number of anilines is 2. The molecule has 1 saturated heterocycles. The Labute approximate surface area is 161 Å². The van der Waals surface area contributed by atoms with Gasteiger partial charge in [-0.05, 0) is 12.1 Å². The molecular weight excluding hydrogens is 360 g/mol. The van der Waals surface area contributed by atoms with Crippen LogP contribution in [-0.4, -0.2) is 69.0 Å². The molecule has 1 N–H and O–H groups in total. The Balaban J connectivity index is 1.37. The molecule has 0 atom stereocenters. The highest BCUT2D eigenvalue weighted by molar-refractivity contribution is 5.89. The highest BCUT2D eigenvalue weighted by Crippen LogP contribution is 2.19. The van der Waals surface area contributed by atoms with Crippen LogP contribution < -0.4 is 15.0 Å². The first-order valence-corrected chi connectivity index (χ1v) is 8.85. The number of methoxy groups -OCH3 is 1. The van der Waals surface area contributed by atoms with Gasteiger partial charge in [-0.1, -0.05) is 6.07 Å². The number of amides is 2. The Morgan fingerprint density at radius 2 is 1.89 bits per heavy atom. The maximum Gasteiger partial charge on any atom is 0.321 e. The third-order valence-electron chi connectivity index (χ3n) is 4.50. The number of rotatable bonds is 4. The zero-order valence-electron chi connectivity index (χ0n) is 15.4. The van der Waals surface area contributed by atoms with Gasteiger partial charge in [0.1, 0.15) is 30.5 Å². The van der Waals surface area contributed by atoms with E-state index >= 15 is 0 Å². The zero-order valence-corrected chi connectivity index (χ0v) is 15.4. The fourth-order valence-electron chi connectivity index (χ4n) is 3.00. The van der Waals surface area contributed by atoms with Gasteiger partial charge in [-0.2, -0.15) is 5.10 Å². The molecule has 144 valence electrons. The van der Waals surface area contributed by atoms with E-state index < -0.39 is 0 Å². The summed E-state index contributed by atoms with van der Waals surface area (Å²) in [7, 11) is 1.60. The van der Waals surface area contributed by atoms with E-state index in [1.54, 1.807) is 29.1 Å². The Hall–Kier alpha value is -3.69. The molecule has 3 heterocycles. The summed E-state index contributed by atoms with van der Waals surface area (Å²) in [4.78, 5) is 28.9. The molecule has 10 heteroatoms. The number of benzene rings is 1. The van der Waals surface area contributed by atoms with Crippen molar-refractivity contribution in [2.75, 3.05) is 43.5 Å². The first-order valence-electron chi connectivity index (χ1n) is 8.85. The molecule has 3 aromatic rings. The average molecular weight is 380 g/mol. The molecular formula is C18H20N8O2. The van der Waals surface area contributed by atoms with Crippen molar-refractivity contribution in [2.45, 2.75) is 0 Å². The van der Waals surface area contributed by atoms with Crippen molar-refractivity contribution < 1.29 is 9.53 Å². The lowest BCUT2D eigenvalue weighted by Crippen LogP contribution is -2.50. The molecule has 0 radical (unpaired) electrons. The maximum atomic E-state index is 12.5. The lowest BCUT2D eigenvalue weighted by Gasteiger charge is -2.35. The van der Waals surface area contributed by atoms with E-state index in [9.17, 15) is 4.79 Å². The monoisotopic (exact) mass is 380 g/mol. The topological polar surface area (TPSA) is 101 Å². The van der Waals surface area contributed by atoms with Gasteiger partial charge in [0.2, 0.25) is 0 Å². The number of aromatic nitrogens is 5. The predicted molar refractivity (Wildman–Crippen MR) is 103 cm³/mol. The van der Waals surface area contributed by atoms with Gasteiger partial charge in [0.25, 0.3) is 0 Å². The van der Waals surface area contributed by atoms with Crippen LogP contribution in [0.5, 0.6) is 5.75 Å². The Morgan fingerprint density at radius 1 is 1.07 bits per heavy atom. The number of nitrogens with zero attached hydrogens (tertiary/aromatic N) is 7. The van der Waals surface area contributed by atoms with Crippen molar-refractivity contribution in [1.29, 1.82) is 0 Å². The van der Waals surface area contributed by atoms with Crippen LogP contribution in [0.1, 0.15) is 0 Å². The lowest BCUT2D eigenvalue weighted by molar-refractivity contribution is 0.208. The molecule has 0 unspecified atom stereocenters. The number of piperazine rings is 1. The van der Waals surface area contributed by atoms with Gasteiger partial charge in [-0.25, -0.2) is 24.4 Å². The number of hydrogen-bond donors (Lipinski definition) is 1. The second-order valence-corrected chi connectivity index (χ2v) is 6.21. The molecule has 1 fully saturated rings. The van der Waals surface area contributed by atoms with Crippen LogP contribution in [0.3, 0.4) is 0 Å². The third-order valence-corrected chi connectivity index (χ3v) is 4.50. The summed E-state index contributed by atoms with van der Waals surface area (Å²) in [5.74, 6) is 2.16. The number of carbonyl (C=O) groups excluding carboxylic acids is 1. The van der Waals surface area contributed by atoms with Crippen LogP contribution in [-0.2, 0) is 0 Å². The minimum Gasteiger partial charge on any atom is -0.497 e. The number of ether oxygens (including phenoxy) is 1. The molecule has 1 aliphatic rings. The smallest absolute Gasteiger partial charge is 0.321 e. The first kappa shape index (κ1) is 17.7. The van der Waals surface area contributed by atoms with Crippen LogP contribution in [0, 0.1) is 0 Å². The van der Waals surface area contributed by atoms with Crippen molar-refractivity contribution in [3.63, 3.8) is 0 Å². The van der Waals surface area contributed by atoms with Crippen molar-refractivity contribution >= 4 is 17.5 Å². The normalized spacial score (nSPS) is 14.0. The molecule has 10 nitrogen and oxygen atoms in total. The summed E-state index contributed by atoms with van der Waals surface area (Å²) in [6, 6.07) is 9.04. The van der Waals surface area contributed by atoms with Crippen molar-refractivity contribution in [3.05, 3.63) is 49.3 Å². The summed E-state index contributed by atoms with van der Waals surface area (Å²) in [6.45, 7) is 2.55. The van der Waals surface area contributed by atoms with Gasteiger partial charge >= 0.3 is 6.03 Å². The van der Waals surface area contributed by atoms with Gasteiger partial charge in [0.05, 0.1) is 7.11 Å². The number of urea groups is 1. The molecule has 4 rings (SSSR count). The molecule has 0 bridgehead atoms. The summed E-state index contributed by atoms with van der Waals surface area (Å²) >= 11 is 0. The van der Waals surface area contributed by atoms with Crippen LogP contribution in [0.2, 0.25) is 0 Å². The lowest BCUT2D eigenvalue weighted by atomic mass is 10.3. The summed E-state index contributed by atoms with van der Waals surface area (Å²) in [6.07, 6.45) is 4.56. The molecule has 2 amide bonds. The standard InChI is InChI=1S/C18H20N8O2/c1-28-15-4-2-3-14(9-15)23-18(27)25-7-5-24(6-8-25)16-10-17(21-12-20-16)26-13-19-11-22-26/h2-4,9-13H,5-8H2,1H3,(H,23,27). The highest BCUT2D eigenvalue weighted by atomic mass is 16.5. The van der Waals surface area contributed by atoms with E-state index in [1.165, 1.54) is 12.7 Å². The molecule has 0 aliphatic carbocycles. The van der Waals surface area contributed by atoms with Gasteiger partial charge in [0, 0.05) is 44.0 Å². The summed E-state index contributed by atoms with van der Waals surface area (Å²) < 4.78 is 6.77. The van der Waals surface area contributed by atoms with E-state index in [-0.39, 0.29) is 6.03 Å². The second kappa shape index (κ2) is 7.91. The SMILES string of the molecule is COc1cccc(NC(=O)N2CCN(c3cc(-n4cncn4)ncn3)CC2)c1. The summed E-state index contributed by atoms with van der Waals surface area (Å²) in [5, 5.41) is 7.00. The Kier molecular flexibility index (Phi) is 5.00. The van der Waals surface area contributed by atoms with Crippen LogP contribution >= 0.6 is 0 Å². The van der Waals surface area contributed by atoms with E-state index in [0.717, 1.165) is 5.82 Å². The molecule has 2 aromatic heterocycles. The van der Waals surface area contributed by atoms with E-state index in [4.69, 9.17) is 4.74 Å². The number of nitrogens with one attached hydrogen (secondary N) is 1. The fraction of sp³-hybridized carbons (Fsp3) is 0.278. The molecule has 1 aromatic carbocycles. The molecule has 0 spiro atoms. The van der Waals surface area contributed by atoms with Crippen LogP contribution in [0.25, 0.3) is 5.82 Å². The molecule has 28 heavy (non-hydrogen) atoms. The van der Waals surface area contributed by atoms with Gasteiger partial charge in [0.15, 0.2) is 5.82 Å². The maximum absolute atomic E-state index is 12.5. The highest BCUT2D eigenvalue weighted by Gasteiger charge is 2.22. The Morgan fingerprint density at radius 3 is 2.64 bits per heavy atom. The van der Waals surface area contributed by atoms with Crippen molar-refractivity contribution in [3.8, 4) is 11.6 Å².